The first kappa shape index (κ1) is 5.50. The molecule has 0 N–H and O–H groups in total. The van der Waals surface area contributed by atoms with Crippen LogP contribution in [0, 0.1) is 0 Å². The number of esters is 1. The molecule has 0 aromatic rings. The Morgan fingerprint density at radius 1 is 1.89 bits per heavy atom. The van der Waals surface area contributed by atoms with Gasteiger partial charge in [0.25, 0.3) is 0 Å². The zero-order valence-electron chi connectivity index (χ0n) is 7.02. The molecule has 0 aromatic heterocycles. The summed E-state index contributed by atoms with van der Waals surface area (Å²) in [6.45, 7) is -2.41. The maximum atomic E-state index is 10.6. The summed E-state index contributed by atoms with van der Waals surface area (Å²) in [5, 5.41) is 0. The zero-order chi connectivity index (χ0) is 8.91. The fraction of sp³-hybridized carbons (Fsp3) is 0.800. The van der Waals surface area contributed by atoms with Crippen molar-refractivity contribution in [3.63, 3.8) is 0 Å². The Labute approximate surface area is 61.7 Å². The zero-order valence-corrected chi connectivity index (χ0v) is 5.77. The van der Waals surface area contributed by atoms with Crippen LogP contribution in [0.4, 0.5) is 0 Å². The molecular formula is C5H9ClO3. The lowest BCUT2D eigenvalue weighted by atomic mass is 10.7. The van der Waals surface area contributed by atoms with Gasteiger partial charge < -0.3 is 9.47 Å². The summed E-state index contributed by atoms with van der Waals surface area (Å²) in [4.78, 5) is 10.6. The molecule has 0 bridgehead atoms. The Kier molecular flexibility index (Phi) is 3.58. The lowest BCUT2D eigenvalue weighted by molar-refractivity contribution is -0.145. The van der Waals surface area contributed by atoms with Crippen LogP contribution in [0.5, 0.6) is 0 Å². The molecule has 9 heavy (non-hydrogen) atoms. The molecule has 0 spiro atoms. The highest BCUT2D eigenvalue weighted by molar-refractivity contribution is 6.17. The number of methoxy groups -OCH3 is 1. The van der Waals surface area contributed by atoms with Gasteiger partial charge in [0, 0.05) is 5.88 Å². The van der Waals surface area contributed by atoms with Crippen molar-refractivity contribution in [3.8, 4) is 0 Å². The Balaban J connectivity index is 3.88. The van der Waals surface area contributed by atoms with Crippen molar-refractivity contribution in [1.82, 2.24) is 0 Å². The van der Waals surface area contributed by atoms with E-state index >= 15 is 0 Å². The van der Waals surface area contributed by atoms with Crippen molar-refractivity contribution in [2.24, 2.45) is 0 Å². The van der Waals surface area contributed by atoms with Crippen LogP contribution in [0.3, 0.4) is 0 Å². The molecular weight excluding hydrogens is 144 g/mol. The standard InChI is InChI=1S/C5H9ClO3/c1-8-5(7)4-9-3-2-6/h2-4H2,1H3/i4D2. The highest BCUT2D eigenvalue weighted by atomic mass is 35.5. The fourth-order valence-electron chi connectivity index (χ4n) is 0.190. The van der Waals surface area contributed by atoms with Gasteiger partial charge in [-0.25, -0.2) is 4.79 Å². The second-order valence-electron chi connectivity index (χ2n) is 1.13. The van der Waals surface area contributed by atoms with Crippen LogP contribution in [0.1, 0.15) is 2.74 Å². The van der Waals surface area contributed by atoms with Crippen molar-refractivity contribution in [2.45, 2.75) is 0 Å². The molecule has 0 rings (SSSR count). The van der Waals surface area contributed by atoms with Crippen molar-refractivity contribution in [3.05, 3.63) is 0 Å². The van der Waals surface area contributed by atoms with Gasteiger partial charge in [0.05, 0.1) is 16.5 Å². The van der Waals surface area contributed by atoms with Gasteiger partial charge in [0.2, 0.25) is 0 Å². The van der Waals surface area contributed by atoms with Gasteiger partial charge in [0.1, 0.15) is 6.56 Å². The third kappa shape index (κ3) is 5.59. The second kappa shape index (κ2) is 5.85. The predicted molar refractivity (Wildman–Crippen MR) is 33.6 cm³/mol. The van der Waals surface area contributed by atoms with E-state index < -0.39 is 12.5 Å². The minimum atomic E-state index is -2.39. The summed E-state index contributed by atoms with van der Waals surface area (Å²) in [6.07, 6.45) is 0. The van der Waals surface area contributed by atoms with E-state index in [1.54, 1.807) is 0 Å². The number of halogens is 1. The van der Waals surface area contributed by atoms with Gasteiger partial charge in [0.15, 0.2) is 0 Å². The predicted octanol–water partition coefficient (Wildman–Crippen LogP) is 0.415. The number of carbonyl (C=O) groups excluding carboxylic acids is 1. The number of carbonyl (C=O) groups is 1. The number of ether oxygens (including phenoxy) is 2. The van der Waals surface area contributed by atoms with Crippen LogP contribution in [0.15, 0.2) is 0 Å². The first-order valence-electron chi connectivity index (χ1n) is 3.33. The average molecular weight is 155 g/mol. The van der Waals surface area contributed by atoms with Crippen LogP contribution in [-0.4, -0.2) is 32.1 Å². The number of rotatable bonds is 4. The summed E-state index contributed by atoms with van der Waals surface area (Å²) in [5.41, 5.74) is 0. The molecule has 0 saturated heterocycles. The van der Waals surface area contributed by atoms with Gasteiger partial charge in [-0.1, -0.05) is 0 Å². The molecule has 0 aliphatic heterocycles. The van der Waals surface area contributed by atoms with E-state index in [0.717, 1.165) is 7.11 Å². The first-order chi connectivity index (χ1) is 5.04. The highest BCUT2D eigenvalue weighted by Gasteiger charge is 1.96. The fourth-order valence-corrected chi connectivity index (χ4v) is 0.267. The minimum absolute atomic E-state index is 0.0242. The summed E-state index contributed by atoms with van der Waals surface area (Å²) in [5.74, 6) is -0.918. The molecule has 4 heteroatoms. The summed E-state index contributed by atoms with van der Waals surface area (Å²) in [6, 6.07) is 0. The molecule has 0 atom stereocenters. The van der Waals surface area contributed by atoms with Crippen molar-refractivity contribution >= 4 is 17.6 Å². The number of hydrogen-bond donors (Lipinski definition) is 0. The number of hydrogen-bond acceptors (Lipinski definition) is 3. The second-order valence-corrected chi connectivity index (χ2v) is 1.51. The molecule has 0 fully saturated rings. The van der Waals surface area contributed by atoms with E-state index in [2.05, 4.69) is 9.47 Å². The Bertz CT molecular complexity index is 140. The molecule has 0 saturated carbocycles. The van der Waals surface area contributed by atoms with Crippen LogP contribution < -0.4 is 0 Å². The molecule has 0 aromatic carbocycles. The maximum absolute atomic E-state index is 10.6. The molecule has 0 heterocycles. The molecule has 0 unspecified atom stereocenters. The number of alkyl halides is 1. The third-order valence-electron chi connectivity index (χ3n) is 0.520. The molecule has 0 radical (unpaired) electrons. The molecule has 0 aliphatic rings. The molecule has 0 amide bonds. The van der Waals surface area contributed by atoms with Crippen LogP contribution in [-0.2, 0) is 14.3 Å². The summed E-state index contributed by atoms with van der Waals surface area (Å²) < 4.78 is 22.5. The van der Waals surface area contributed by atoms with Gasteiger partial charge in [-0.05, 0) is 0 Å². The monoisotopic (exact) mass is 154 g/mol. The average Bonchev–Trinajstić information content (AvgIpc) is 1.99. The first-order valence-corrected chi connectivity index (χ1v) is 2.86. The highest BCUT2D eigenvalue weighted by Crippen LogP contribution is 1.80. The van der Waals surface area contributed by atoms with E-state index in [9.17, 15) is 4.79 Å². The van der Waals surface area contributed by atoms with E-state index in [0.29, 0.717) is 0 Å². The minimum Gasteiger partial charge on any atom is -0.467 e. The van der Waals surface area contributed by atoms with Gasteiger partial charge in [-0.3, -0.25) is 0 Å². The third-order valence-corrected chi connectivity index (χ3v) is 0.674. The summed E-state index contributed by atoms with van der Waals surface area (Å²) >= 11 is 5.21. The van der Waals surface area contributed by atoms with Crippen LogP contribution >= 0.6 is 11.6 Å². The Morgan fingerprint density at radius 2 is 2.56 bits per heavy atom. The van der Waals surface area contributed by atoms with Crippen molar-refractivity contribution < 1.29 is 17.0 Å². The Hall–Kier alpha value is -0.280. The van der Waals surface area contributed by atoms with E-state index in [1.165, 1.54) is 0 Å². The van der Waals surface area contributed by atoms with Crippen LogP contribution in [0.25, 0.3) is 0 Å². The van der Waals surface area contributed by atoms with Gasteiger partial charge >= 0.3 is 5.97 Å². The van der Waals surface area contributed by atoms with E-state index in [4.69, 9.17) is 14.3 Å². The molecule has 0 aliphatic carbocycles. The quantitative estimate of drug-likeness (QED) is 0.435. The lowest BCUT2D eigenvalue weighted by Gasteiger charge is -1.97. The van der Waals surface area contributed by atoms with Crippen molar-refractivity contribution in [2.75, 3.05) is 26.2 Å². The maximum Gasteiger partial charge on any atom is 0.331 e. The van der Waals surface area contributed by atoms with Gasteiger partial charge in [-0.15, -0.1) is 11.6 Å². The normalized spacial score (nSPS) is 14.0. The smallest absolute Gasteiger partial charge is 0.331 e. The van der Waals surface area contributed by atoms with E-state index in [1.807, 2.05) is 0 Å². The SMILES string of the molecule is [2H]C([2H])(OCCCl)C(=O)OC. The topological polar surface area (TPSA) is 35.5 Å². The van der Waals surface area contributed by atoms with E-state index in [-0.39, 0.29) is 12.5 Å². The molecule has 54 valence electrons. The van der Waals surface area contributed by atoms with Crippen LogP contribution in [0.2, 0.25) is 0 Å². The summed E-state index contributed by atoms with van der Waals surface area (Å²) in [7, 11) is 1.09. The van der Waals surface area contributed by atoms with Gasteiger partial charge in [-0.2, -0.15) is 0 Å². The van der Waals surface area contributed by atoms with Crippen molar-refractivity contribution in [1.29, 1.82) is 0 Å². The lowest BCUT2D eigenvalue weighted by Crippen LogP contribution is -2.11. The molecule has 3 nitrogen and oxygen atoms in total. The Morgan fingerprint density at radius 3 is 3.00 bits per heavy atom. The largest absolute Gasteiger partial charge is 0.467 e.